The van der Waals surface area contributed by atoms with E-state index in [0.717, 1.165) is 45.1 Å². The molecule has 10 heteroatoms. The molecule has 10 nitrogen and oxygen atoms in total. The van der Waals surface area contributed by atoms with Gasteiger partial charge in [0, 0.05) is 57.4 Å². The Hall–Kier alpha value is -2.72. The average Bonchev–Trinajstić information content (AvgIpc) is 3.40. The summed E-state index contributed by atoms with van der Waals surface area (Å²) < 4.78 is 7.23. The van der Waals surface area contributed by atoms with Gasteiger partial charge in [0.1, 0.15) is 5.82 Å². The fourth-order valence-electron chi connectivity index (χ4n) is 4.07. The third-order valence-electron chi connectivity index (χ3n) is 5.76. The molecule has 31 heavy (non-hydrogen) atoms. The molecule has 2 N–H and O–H groups in total. The van der Waals surface area contributed by atoms with Crippen LogP contribution in [0.2, 0.25) is 0 Å². The predicted molar refractivity (Wildman–Crippen MR) is 115 cm³/mol. The van der Waals surface area contributed by atoms with E-state index < -0.39 is 0 Å². The molecule has 2 saturated heterocycles. The number of ether oxygens (including phenoxy) is 1. The normalized spacial score (nSPS) is 19.8. The fraction of sp³-hybridized carbons (Fsp3) is 0.619. The lowest BCUT2D eigenvalue weighted by molar-refractivity contribution is 0.0383. The Labute approximate surface area is 181 Å². The van der Waals surface area contributed by atoms with Gasteiger partial charge in [-0.25, -0.2) is 4.79 Å². The number of carbonyl (C=O) groups is 2. The van der Waals surface area contributed by atoms with Gasteiger partial charge in [0.15, 0.2) is 5.65 Å². The molecule has 2 aromatic heterocycles. The van der Waals surface area contributed by atoms with E-state index in [4.69, 9.17) is 4.74 Å². The predicted octanol–water partition coefficient (Wildman–Crippen LogP) is 0.699. The van der Waals surface area contributed by atoms with Crippen molar-refractivity contribution in [3.05, 3.63) is 29.7 Å². The number of carbonyl (C=O) groups excluding carboxylic acids is 2. The van der Waals surface area contributed by atoms with Crippen LogP contribution in [0.5, 0.6) is 0 Å². The number of fused-ring (bicyclic) bond motifs is 1. The number of nitrogens with zero attached hydrogens (tertiary/aromatic N) is 5. The van der Waals surface area contributed by atoms with Crippen molar-refractivity contribution >= 4 is 17.6 Å². The van der Waals surface area contributed by atoms with Gasteiger partial charge in [-0.3, -0.25) is 14.1 Å². The second-order valence-electron chi connectivity index (χ2n) is 8.45. The lowest BCUT2D eigenvalue weighted by atomic mass is 10.1. The van der Waals surface area contributed by atoms with Crippen molar-refractivity contribution < 1.29 is 14.3 Å². The summed E-state index contributed by atoms with van der Waals surface area (Å²) >= 11 is 0. The van der Waals surface area contributed by atoms with E-state index in [1.807, 2.05) is 29.2 Å². The topological polar surface area (TPSA) is 104 Å². The first kappa shape index (κ1) is 21.5. The number of hydrogen-bond donors (Lipinski definition) is 2. The molecular weight excluding hydrogens is 398 g/mol. The summed E-state index contributed by atoms with van der Waals surface area (Å²) in [4.78, 5) is 29.1. The summed E-state index contributed by atoms with van der Waals surface area (Å²) in [5.41, 5.74) is 1.27. The molecule has 3 amide bonds. The maximum atomic E-state index is 12.7. The molecule has 0 aliphatic carbocycles. The number of aromatic nitrogens is 3. The van der Waals surface area contributed by atoms with Crippen LogP contribution in [0, 0.1) is 0 Å². The summed E-state index contributed by atoms with van der Waals surface area (Å²) in [5.74, 6) is 0.768. The molecule has 0 bridgehead atoms. The second-order valence-corrected chi connectivity index (χ2v) is 8.45. The van der Waals surface area contributed by atoms with E-state index in [0.29, 0.717) is 30.8 Å². The van der Waals surface area contributed by atoms with Gasteiger partial charge in [0.25, 0.3) is 5.91 Å². The molecule has 168 valence electrons. The number of hydrogen-bond acceptors (Lipinski definition) is 6. The molecule has 2 aliphatic rings. The highest BCUT2D eigenvalue weighted by atomic mass is 16.5. The highest BCUT2D eigenvalue weighted by molar-refractivity contribution is 5.94. The van der Waals surface area contributed by atoms with E-state index in [1.54, 1.807) is 12.3 Å². The number of rotatable bonds is 6. The number of amides is 3. The molecule has 2 aliphatic heterocycles. The van der Waals surface area contributed by atoms with Gasteiger partial charge in [-0.1, -0.05) is 0 Å². The van der Waals surface area contributed by atoms with E-state index in [2.05, 4.69) is 25.7 Å². The first-order valence-electron chi connectivity index (χ1n) is 11.0. The van der Waals surface area contributed by atoms with Gasteiger partial charge in [0.2, 0.25) is 0 Å². The van der Waals surface area contributed by atoms with Gasteiger partial charge in [0.05, 0.1) is 18.8 Å². The van der Waals surface area contributed by atoms with Crippen molar-refractivity contribution in [3.8, 4) is 0 Å². The molecule has 0 aromatic carbocycles. The SMILES string of the molecule is CC(C)NC(=O)N1CC[C@@H](c2nnc3ccc(C(=O)NCCN4CCOCC4)cn23)C1. The smallest absolute Gasteiger partial charge is 0.317 e. The van der Waals surface area contributed by atoms with Crippen LogP contribution in [-0.4, -0.2) is 94.9 Å². The minimum absolute atomic E-state index is 0.0494. The Bertz CT molecular complexity index is 923. The molecule has 0 radical (unpaired) electrons. The molecule has 0 spiro atoms. The molecule has 1 atom stereocenters. The van der Waals surface area contributed by atoms with Gasteiger partial charge in [-0.15, -0.1) is 10.2 Å². The lowest BCUT2D eigenvalue weighted by Gasteiger charge is -2.26. The number of pyridine rings is 1. The number of nitrogens with one attached hydrogen (secondary N) is 2. The van der Waals surface area contributed by atoms with Gasteiger partial charge >= 0.3 is 6.03 Å². The zero-order valence-corrected chi connectivity index (χ0v) is 18.2. The maximum Gasteiger partial charge on any atom is 0.317 e. The third-order valence-corrected chi connectivity index (χ3v) is 5.76. The van der Waals surface area contributed by atoms with Crippen LogP contribution in [0.4, 0.5) is 4.79 Å². The van der Waals surface area contributed by atoms with Crippen molar-refractivity contribution in [1.29, 1.82) is 0 Å². The average molecular weight is 430 g/mol. The van der Waals surface area contributed by atoms with E-state index in [9.17, 15) is 9.59 Å². The lowest BCUT2D eigenvalue weighted by Crippen LogP contribution is -2.41. The molecule has 2 aromatic rings. The van der Waals surface area contributed by atoms with E-state index in [1.165, 1.54) is 0 Å². The fourth-order valence-corrected chi connectivity index (χ4v) is 4.07. The zero-order valence-electron chi connectivity index (χ0n) is 18.2. The largest absolute Gasteiger partial charge is 0.379 e. The highest BCUT2D eigenvalue weighted by Crippen LogP contribution is 2.26. The molecular formula is C21H31N7O3. The molecule has 0 unspecified atom stereocenters. The van der Waals surface area contributed by atoms with Crippen molar-refractivity contribution in [1.82, 2.24) is 35.0 Å². The molecule has 4 heterocycles. The summed E-state index contributed by atoms with van der Waals surface area (Å²) in [6, 6.07) is 3.64. The first-order valence-corrected chi connectivity index (χ1v) is 11.0. The van der Waals surface area contributed by atoms with E-state index in [-0.39, 0.29) is 23.9 Å². The van der Waals surface area contributed by atoms with Crippen molar-refractivity contribution in [2.75, 3.05) is 52.5 Å². The second kappa shape index (κ2) is 9.61. The maximum absolute atomic E-state index is 12.7. The van der Waals surface area contributed by atoms with Crippen molar-refractivity contribution in [2.24, 2.45) is 0 Å². The van der Waals surface area contributed by atoms with Crippen LogP contribution in [0.25, 0.3) is 5.65 Å². The van der Waals surface area contributed by atoms with Crippen LogP contribution in [0.3, 0.4) is 0 Å². The molecule has 4 rings (SSSR count). The number of urea groups is 1. The van der Waals surface area contributed by atoms with Crippen molar-refractivity contribution in [2.45, 2.75) is 32.2 Å². The Morgan fingerprint density at radius 2 is 2.00 bits per heavy atom. The Balaban J connectivity index is 1.39. The third kappa shape index (κ3) is 5.13. The van der Waals surface area contributed by atoms with Crippen LogP contribution in [-0.2, 0) is 4.74 Å². The molecule has 2 fully saturated rings. The van der Waals surface area contributed by atoms with Gasteiger partial charge < -0.3 is 20.3 Å². The van der Waals surface area contributed by atoms with Gasteiger partial charge in [-0.2, -0.15) is 0 Å². The van der Waals surface area contributed by atoms with Crippen LogP contribution >= 0.6 is 0 Å². The minimum Gasteiger partial charge on any atom is -0.379 e. The quantitative estimate of drug-likeness (QED) is 0.701. The first-order chi connectivity index (χ1) is 15.0. The number of morpholine rings is 1. The van der Waals surface area contributed by atoms with E-state index >= 15 is 0 Å². The standard InChI is InChI=1S/C21H31N7O3/c1-15(2)23-21(30)27-7-5-16(13-27)19-25-24-18-4-3-17(14-28(18)19)20(29)22-6-8-26-9-11-31-12-10-26/h3-4,14-16H,5-13H2,1-2H3,(H,22,29)(H,23,30)/t16-/m1/s1. The van der Waals surface area contributed by atoms with Crippen LogP contribution in [0.15, 0.2) is 18.3 Å². The summed E-state index contributed by atoms with van der Waals surface area (Å²) in [6.45, 7) is 9.88. The molecule has 0 saturated carbocycles. The Morgan fingerprint density at radius 1 is 1.19 bits per heavy atom. The summed E-state index contributed by atoms with van der Waals surface area (Å²) in [6.07, 6.45) is 2.62. The minimum atomic E-state index is -0.112. The monoisotopic (exact) mass is 429 g/mol. The van der Waals surface area contributed by atoms with Gasteiger partial charge in [-0.05, 0) is 32.4 Å². The van der Waals surface area contributed by atoms with Crippen LogP contribution in [0.1, 0.15) is 42.4 Å². The number of likely N-dealkylation sites (tertiary alicyclic amines) is 1. The highest BCUT2D eigenvalue weighted by Gasteiger charge is 2.30. The van der Waals surface area contributed by atoms with Crippen LogP contribution < -0.4 is 10.6 Å². The summed E-state index contributed by atoms with van der Waals surface area (Å²) in [5, 5.41) is 14.5. The zero-order chi connectivity index (χ0) is 21.8. The van der Waals surface area contributed by atoms with Crippen molar-refractivity contribution in [3.63, 3.8) is 0 Å². The summed E-state index contributed by atoms with van der Waals surface area (Å²) in [7, 11) is 0. The Kier molecular flexibility index (Phi) is 6.67. The Morgan fingerprint density at radius 3 is 2.77 bits per heavy atom.